The van der Waals surface area contributed by atoms with Crippen molar-refractivity contribution in [2.45, 2.75) is 44.1 Å². The number of hydrogen-bond donors (Lipinski definition) is 0. The molecule has 1 atom stereocenters. The Balaban J connectivity index is 2.37. The zero-order valence-corrected chi connectivity index (χ0v) is 10.6. The minimum atomic E-state index is -0.134. The van der Waals surface area contributed by atoms with Crippen LogP contribution in [-0.2, 0) is 10.2 Å². The molecule has 1 unspecified atom stereocenters. The Morgan fingerprint density at radius 3 is 2.59 bits per heavy atom. The molecule has 2 rings (SSSR count). The summed E-state index contributed by atoms with van der Waals surface area (Å²) in [6, 6.07) is 12.8. The van der Waals surface area contributed by atoms with Crippen LogP contribution in [0.15, 0.2) is 30.3 Å². The van der Waals surface area contributed by atoms with Gasteiger partial charge in [-0.2, -0.15) is 5.26 Å². The first-order chi connectivity index (χ1) is 8.08. The van der Waals surface area contributed by atoms with Gasteiger partial charge in [0.15, 0.2) is 0 Å². The third-order valence-corrected chi connectivity index (χ3v) is 3.64. The second kappa shape index (κ2) is 4.50. The molecule has 90 valence electrons. The molecule has 0 N–H and O–H groups in total. The van der Waals surface area contributed by atoms with Crippen LogP contribution in [0.3, 0.4) is 0 Å². The largest absolute Gasteiger partial charge is 0.376 e. The van der Waals surface area contributed by atoms with Gasteiger partial charge in [-0.15, -0.1) is 0 Å². The van der Waals surface area contributed by atoms with Crippen molar-refractivity contribution in [2.75, 3.05) is 6.61 Å². The predicted octanol–water partition coefficient (Wildman–Crippen LogP) is 3.43. The van der Waals surface area contributed by atoms with E-state index < -0.39 is 0 Å². The summed E-state index contributed by atoms with van der Waals surface area (Å²) in [6.45, 7) is 4.96. The van der Waals surface area contributed by atoms with Gasteiger partial charge < -0.3 is 4.74 Å². The number of hydrogen-bond acceptors (Lipinski definition) is 2. The first-order valence-corrected chi connectivity index (χ1v) is 6.14. The third kappa shape index (κ3) is 2.50. The molecule has 17 heavy (non-hydrogen) atoms. The molecule has 1 heterocycles. The summed E-state index contributed by atoms with van der Waals surface area (Å²) < 4.78 is 5.78. The van der Waals surface area contributed by atoms with Crippen molar-refractivity contribution in [3.8, 4) is 6.07 Å². The maximum atomic E-state index is 9.12. The Kier molecular flexibility index (Phi) is 3.22. The van der Waals surface area contributed by atoms with Gasteiger partial charge in [0, 0.05) is 18.4 Å². The quantitative estimate of drug-likeness (QED) is 0.778. The highest BCUT2D eigenvalue weighted by Crippen LogP contribution is 2.43. The first kappa shape index (κ1) is 12.1. The van der Waals surface area contributed by atoms with E-state index in [1.165, 1.54) is 5.56 Å². The normalized spacial score (nSPS) is 27.4. The first-order valence-electron chi connectivity index (χ1n) is 6.14. The van der Waals surface area contributed by atoms with Gasteiger partial charge in [-0.3, -0.25) is 0 Å². The molecule has 1 aromatic rings. The van der Waals surface area contributed by atoms with Crippen LogP contribution in [0, 0.1) is 11.3 Å². The van der Waals surface area contributed by atoms with E-state index in [-0.39, 0.29) is 11.0 Å². The van der Waals surface area contributed by atoms with Crippen LogP contribution in [0.4, 0.5) is 0 Å². The Morgan fingerprint density at radius 2 is 2.00 bits per heavy atom. The number of nitrogens with zero attached hydrogens (tertiary/aromatic N) is 1. The van der Waals surface area contributed by atoms with Gasteiger partial charge in [0.25, 0.3) is 0 Å². The molecule has 1 saturated heterocycles. The number of ether oxygens (including phenoxy) is 1. The van der Waals surface area contributed by atoms with Crippen molar-refractivity contribution >= 4 is 0 Å². The Bertz CT molecular complexity index is 418. The highest BCUT2D eigenvalue weighted by Gasteiger charge is 2.41. The predicted molar refractivity (Wildman–Crippen MR) is 67.6 cm³/mol. The molecule has 0 saturated carbocycles. The Hall–Kier alpha value is -1.33. The zero-order chi connectivity index (χ0) is 12.4. The monoisotopic (exact) mass is 229 g/mol. The Morgan fingerprint density at radius 1 is 1.29 bits per heavy atom. The summed E-state index contributed by atoms with van der Waals surface area (Å²) in [5.74, 6) is 0. The van der Waals surface area contributed by atoms with Crippen LogP contribution < -0.4 is 0 Å². The minimum absolute atomic E-state index is 0.0300. The van der Waals surface area contributed by atoms with Crippen LogP contribution in [0.5, 0.6) is 0 Å². The fraction of sp³-hybridized carbons (Fsp3) is 0.533. The molecule has 2 nitrogen and oxygen atoms in total. The van der Waals surface area contributed by atoms with E-state index in [1.54, 1.807) is 0 Å². The minimum Gasteiger partial charge on any atom is -0.376 e. The Labute approximate surface area is 103 Å². The summed E-state index contributed by atoms with van der Waals surface area (Å²) in [4.78, 5) is 0. The molecule has 0 aliphatic carbocycles. The van der Waals surface area contributed by atoms with Crippen molar-refractivity contribution in [3.63, 3.8) is 0 Å². The molecule has 1 fully saturated rings. The molecular weight excluding hydrogens is 210 g/mol. The fourth-order valence-corrected chi connectivity index (χ4v) is 2.92. The summed E-state index contributed by atoms with van der Waals surface area (Å²) in [6.07, 6.45) is 2.43. The van der Waals surface area contributed by atoms with E-state index in [0.717, 1.165) is 19.4 Å². The van der Waals surface area contributed by atoms with Crippen molar-refractivity contribution in [2.24, 2.45) is 0 Å². The van der Waals surface area contributed by atoms with Crippen LogP contribution in [-0.4, -0.2) is 12.2 Å². The second-order valence-electron chi connectivity index (χ2n) is 5.52. The van der Waals surface area contributed by atoms with Gasteiger partial charge in [0.1, 0.15) is 0 Å². The van der Waals surface area contributed by atoms with E-state index in [0.29, 0.717) is 6.42 Å². The molecule has 0 bridgehead atoms. The highest BCUT2D eigenvalue weighted by molar-refractivity contribution is 5.28. The SMILES string of the molecule is CC1(C)CC(CC#N)(c2ccccc2)CCO1. The van der Waals surface area contributed by atoms with E-state index in [1.807, 2.05) is 6.07 Å². The second-order valence-corrected chi connectivity index (χ2v) is 5.52. The number of rotatable bonds is 2. The molecule has 0 radical (unpaired) electrons. The molecule has 1 aliphatic heterocycles. The van der Waals surface area contributed by atoms with Crippen molar-refractivity contribution in [3.05, 3.63) is 35.9 Å². The van der Waals surface area contributed by atoms with Crippen molar-refractivity contribution in [1.82, 2.24) is 0 Å². The van der Waals surface area contributed by atoms with Gasteiger partial charge in [-0.25, -0.2) is 0 Å². The fourth-order valence-electron chi connectivity index (χ4n) is 2.92. The lowest BCUT2D eigenvalue weighted by molar-refractivity contribution is -0.0816. The molecule has 1 aliphatic rings. The molecule has 0 spiro atoms. The topological polar surface area (TPSA) is 33.0 Å². The maximum absolute atomic E-state index is 9.12. The summed E-state index contributed by atoms with van der Waals surface area (Å²) in [7, 11) is 0. The van der Waals surface area contributed by atoms with Gasteiger partial charge in [0.2, 0.25) is 0 Å². The zero-order valence-electron chi connectivity index (χ0n) is 10.6. The summed E-state index contributed by atoms with van der Waals surface area (Å²) in [5.41, 5.74) is 1.11. The highest BCUT2D eigenvalue weighted by atomic mass is 16.5. The van der Waals surface area contributed by atoms with Crippen LogP contribution in [0.25, 0.3) is 0 Å². The molecule has 0 aromatic heterocycles. The van der Waals surface area contributed by atoms with Gasteiger partial charge in [-0.05, 0) is 32.3 Å². The van der Waals surface area contributed by atoms with E-state index in [9.17, 15) is 0 Å². The molecular formula is C15H19NO. The average Bonchev–Trinajstić information content (AvgIpc) is 2.29. The van der Waals surface area contributed by atoms with Crippen molar-refractivity contribution < 1.29 is 4.74 Å². The van der Waals surface area contributed by atoms with Gasteiger partial charge >= 0.3 is 0 Å². The smallest absolute Gasteiger partial charge is 0.0635 e. The van der Waals surface area contributed by atoms with Gasteiger partial charge in [0.05, 0.1) is 11.7 Å². The van der Waals surface area contributed by atoms with E-state index in [2.05, 4.69) is 44.2 Å². The lowest BCUT2D eigenvalue weighted by Gasteiger charge is -2.44. The maximum Gasteiger partial charge on any atom is 0.0635 e. The molecule has 1 aromatic carbocycles. The lowest BCUT2D eigenvalue weighted by atomic mass is 9.67. The lowest BCUT2D eigenvalue weighted by Crippen LogP contribution is -2.43. The third-order valence-electron chi connectivity index (χ3n) is 3.64. The number of benzene rings is 1. The summed E-state index contributed by atoms with van der Waals surface area (Å²) in [5, 5.41) is 9.12. The van der Waals surface area contributed by atoms with Crippen LogP contribution in [0.2, 0.25) is 0 Å². The molecule has 2 heteroatoms. The van der Waals surface area contributed by atoms with E-state index in [4.69, 9.17) is 10.00 Å². The van der Waals surface area contributed by atoms with E-state index >= 15 is 0 Å². The average molecular weight is 229 g/mol. The standard InChI is InChI=1S/C15H19NO/c1-14(2)12-15(8-10-16,9-11-17-14)13-6-4-3-5-7-13/h3-7H,8-9,11-12H2,1-2H3. The van der Waals surface area contributed by atoms with Crippen LogP contribution >= 0.6 is 0 Å². The van der Waals surface area contributed by atoms with Gasteiger partial charge in [-0.1, -0.05) is 30.3 Å². The number of nitriles is 1. The van der Waals surface area contributed by atoms with Crippen LogP contribution in [0.1, 0.15) is 38.7 Å². The van der Waals surface area contributed by atoms with Crippen molar-refractivity contribution in [1.29, 1.82) is 5.26 Å². The molecule has 0 amide bonds. The summed E-state index contributed by atoms with van der Waals surface area (Å²) >= 11 is 0.